The van der Waals surface area contributed by atoms with Gasteiger partial charge in [-0.2, -0.15) is 4.90 Å². The molecule has 0 radical (unpaired) electrons. The molecule has 3 aliphatic heterocycles. The van der Waals surface area contributed by atoms with Crippen molar-refractivity contribution in [1.82, 2.24) is 4.90 Å². The fourth-order valence-electron chi connectivity index (χ4n) is 8.78. The van der Waals surface area contributed by atoms with Gasteiger partial charge in [0.1, 0.15) is 11.5 Å². The van der Waals surface area contributed by atoms with Crippen LogP contribution < -0.4 is 15.4 Å². The summed E-state index contributed by atoms with van der Waals surface area (Å²) in [7, 11) is 0. The van der Waals surface area contributed by atoms with Gasteiger partial charge in [0.05, 0.1) is 35.1 Å². The van der Waals surface area contributed by atoms with E-state index >= 15 is 4.79 Å². The molecule has 3 aromatic rings. The largest absolute Gasteiger partial charge is 0.508 e. The number of phenolic OH excluding ortho intramolecular Hbond substituents is 1. The third-order valence-corrected chi connectivity index (χ3v) is 10.8. The number of hydrogen-bond acceptors (Lipinski definition) is 7. The molecule has 6 amide bonds. The van der Waals surface area contributed by atoms with E-state index in [0.717, 1.165) is 5.57 Å². The maximum Gasteiger partial charge on any atom is 0.328 e. The molecule has 2 aliphatic carbocycles. The van der Waals surface area contributed by atoms with Crippen LogP contribution in [0, 0.1) is 29.6 Å². The number of rotatable bonds is 3. The van der Waals surface area contributed by atoms with Crippen molar-refractivity contribution in [3.8, 4) is 11.5 Å². The monoisotopic (exact) mass is 649 g/mol. The molecule has 3 aromatic carbocycles. The van der Waals surface area contributed by atoms with Crippen LogP contribution in [0.15, 0.2) is 96.3 Å². The molecular weight excluding hydrogens is 622 g/mol. The van der Waals surface area contributed by atoms with Gasteiger partial charge in [-0.05, 0) is 66.3 Å². The lowest BCUT2D eigenvalue weighted by Crippen LogP contribution is -2.55. The highest BCUT2D eigenvalue weighted by molar-refractivity contribution is 6.32. The summed E-state index contributed by atoms with van der Waals surface area (Å²) in [5, 5.41) is 10.7. The number of likely N-dealkylation sites (tertiary alicyclic amines) is 1. The first-order valence-electron chi connectivity index (χ1n) is 15.4. The van der Waals surface area contributed by atoms with Crippen molar-refractivity contribution in [1.29, 1.82) is 0 Å². The molecule has 8 rings (SSSR count). The van der Waals surface area contributed by atoms with E-state index in [1.165, 1.54) is 11.0 Å². The van der Waals surface area contributed by atoms with Crippen molar-refractivity contribution in [2.45, 2.75) is 24.7 Å². The Labute approximate surface area is 274 Å². The first-order valence-corrected chi connectivity index (χ1v) is 15.7. The van der Waals surface area contributed by atoms with Crippen LogP contribution in [-0.4, -0.2) is 39.7 Å². The molecule has 0 aromatic heterocycles. The topological polar surface area (TPSA) is 147 Å². The minimum absolute atomic E-state index is 0.0475. The highest BCUT2D eigenvalue weighted by Crippen LogP contribution is 2.63. The van der Waals surface area contributed by atoms with Gasteiger partial charge >= 0.3 is 6.03 Å². The van der Waals surface area contributed by atoms with E-state index in [0.29, 0.717) is 38.1 Å². The van der Waals surface area contributed by atoms with Crippen LogP contribution in [0.4, 0.5) is 10.5 Å². The van der Waals surface area contributed by atoms with Gasteiger partial charge in [-0.1, -0.05) is 59.6 Å². The number of carbonyl (C=O) groups excluding carboxylic acids is 5. The first kappa shape index (κ1) is 29.2. The van der Waals surface area contributed by atoms with Crippen LogP contribution in [0.2, 0.25) is 5.02 Å². The predicted octanol–water partition coefficient (Wildman–Crippen LogP) is 4.64. The lowest BCUT2D eigenvalue weighted by molar-refractivity contribution is -0.136. The summed E-state index contributed by atoms with van der Waals surface area (Å²) in [6, 6.07) is 19.3. The number of hydrogen-bond donors (Lipinski definition) is 2. The van der Waals surface area contributed by atoms with Crippen molar-refractivity contribution >= 4 is 46.9 Å². The normalized spacial score (nSPS) is 29.3. The summed E-state index contributed by atoms with van der Waals surface area (Å²) in [6.07, 6.45) is 4.01. The number of benzene rings is 3. The zero-order valence-electron chi connectivity index (χ0n) is 24.8. The fourth-order valence-corrected chi connectivity index (χ4v) is 8.96. The summed E-state index contributed by atoms with van der Waals surface area (Å²) in [6.45, 7) is 0. The Bertz CT molecular complexity index is 1990. The molecular formula is C36H28ClN3O7. The number of phenols is 1. The Kier molecular flexibility index (Phi) is 6.46. The van der Waals surface area contributed by atoms with Crippen LogP contribution in [0.1, 0.15) is 24.0 Å². The minimum atomic E-state index is -1.46. The lowest BCUT2D eigenvalue weighted by atomic mass is 9.48. The molecule has 6 atom stereocenters. The van der Waals surface area contributed by atoms with E-state index in [4.69, 9.17) is 22.1 Å². The molecule has 11 heteroatoms. The minimum Gasteiger partial charge on any atom is -0.508 e. The number of carbonyl (C=O) groups is 5. The molecule has 3 N–H and O–H groups in total. The molecule has 3 fully saturated rings. The number of aromatic hydroxyl groups is 1. The zero-order chi connectivity index (χ0) is 32.8. The summed E-state index contributed by atoms with van der Waals surface area (Å²) in [5.41, 5.74) is 7.05. The maximum absolute atomic E-state index is 15.2. The second-order valence-corrected chi connectivity index (χ2v) is 13.2. The van der Waals surface area contributed by atoms with E-state index in [1.807, 2.05) is 36.4 Å². The van der Waals surface area contributed by atoms with E-state index in [9.17, 15) is 24.3 Å². The molecule has 47 heavy (non-hydrogen) atoms. The Hall–Kier alpha value is -5.22. The summed E-state index contributed by atoms with van der Waals surface area (Å²) < 4.78 is 6.10. The lowest BCUT2D eigenvalue weighted by Gasteiger charge is -2.51. The number of amides is 6. The Morgan fingerprint density at radius 1 is 0.936 bits per heavy atom. The van der Waals surface area contributed by atoms with Gasteiger partial charge in [-0.3, -0.25) is 19.2 Å². The van der Waals surface area contributed by atoms with Gasteiger partial charge in [0, 0.05) is 22.9 Å². The summed E-state index contributed by atoms with van der Waals surface area (Å²) in [4.78, 5) is 71.0. The standard InChI is InChI=1S/C36H28ClN3O7/c37-21-7-4-8-22(15-21)39-32(43)27-16-26-24(10-11-25-29(26)33(44)40(31(25)42)35(38)46)30(36(27,34(39)45)20-5-2-1-3-6-20)19-13-18-14-23(41)9-12-28(18)47-17-19/h1-10,12,14-15,17,25-27,29-30,41H,11,13,16H2,(H2,38,46)/t25-,26+,27-,29-,30-,36+/m0/s1. The Balaban J connectivity index is 1.37. The van der Waals surface area contributed by atoms with Crippen LogP contribution in [-0.2, 0) is 31.0 Å². The molecule has 2 saturated heterocycles. The van der Waals surface area contributed by atoms with Gasteiger partial charge in [-0.25, -0.2) is 9.69 Å². The summed E-state index contributed by atoms with van der Waals surface area (Å²) >= 11 is 6.35. The number of nitrogens with zero attached hydrogens (tertiary/aromatic N) is 2. The number of anilines is 1. The number of imide groups is 4. The van der Waals surface area contributed by atoms with Gasteiger partial charge in [0.25, 0.3) is 0 Å². The molecule has 1 saturated carbocycles. The van der Waals surface area contributed by atoms with Crippen LogP contribution >= 0.6 is 11.6 Å². The van der Waals surface area contributed by atoms with E-state index in [2.05, 4.69) is 0 Å². The van der Waals surface area contributed by atoms with Crippen LogP contribution in [0.25, 0.3) is 0 Å². The smallest absolute Gasteiger partial charge is 0.328 e. The van der Waals surface area contributed by atoms with Crippen molar-refractivity contribution in [2.75, 3.05) is 4.90 Å². The van der Waals surface area contributed by atoms with Crippen molar-refractivity contribution < 1.29 is 33.8 Å². The van der Waals surface area contributed by atoms with Crippen molar-refractivity contribution in [2.24, 2.45) is 35.3 Å². The van der Waals surface area contributed by atoms with E-state index < -0.39 is 64.7 Å². The second-order valence-electron chi connectivity index (χ2n) is 12.7. The maximum atomic E-state index is 15.2. The number of halogens is 1. The fraction of sp³-hybridized carbons (Fsp3) is 0.250. The highest BCUT2D eigenvalue weighted by Gasteiger charge is 2.70. The van der Waals surface area contributed by atoms with Crippen molar-refractivity contribution in [3.63, 3.8) is 0 Å². The first-order chi connectivity index (χ1) is 22.6. The van der Waals surface area contributed by atoms with Crippen molar-refractivity contribution in [3.05, 3.63) is 112 Å². The zero-order valence-corrected chi connectivity index (χ0v) is 25.6. The highest BCUT2D eigenvalue weighted by atomic mass is 35.5. The molecule has 3 heterocycles. The van der Waals surface area contributed by atoms with Crippen LogP contribution in [0.3, 0.4) is 0 Å². The number of allylic oxidation sites excluding steroid dienone is 3. The van der Waals surface area contributed by atoms with Gasteiger partial charge in [0.15, 0.2) is 0 Å². The van der Waals surface area contributed by atoms with Gasteiger partial charge < -0.3 is 15.6 Å². The third kappa shape index (κ3) is 4.00. The molecule has 10 nitrogen and oxygen atoms in total. The second kappa shape index (κ2) is 10.4. The average Bonchev–Trinajstić information content (AvgIpc) is 3.45. The third-order valence-electron chi connectivity index (χ3n) is 10.5. The number of primary amides is 1. The van der Waals surface area contributed by atoms with Crippen LogP contribution in [0.5, 0.6) is 11.5 Å². The SMILES string of the molecule is NC(=O)N1C(=O)[C@H]2[C@H](CC=C3[C@H](C4=COc5ccc(O)cc5C4)[C@]4(c5ccccc5)C(=O)N(c5cccc(Cl)c5)C(=O)[C@@H]4C[C@H]32)C1=O. The number of fused-ring (bicyclic) bond motifs is 5. The number of nitrogens with two attached hydrogens (primary N) is 1. The Morgan fingerprint density at radius 3 is 2.47 bits per heavy atom. The molecule has 0 unspecified atom stereocenters. The summed E-state index contributed by atoms with van der Waals surface area (Å²) in [5.74, 6) is -5.79. The van der Waals surface area contributed by atoms with Gasteiger partial charge in [0.2, 0.25) is 23.6 Å². The number of urea groups is 1. The van der Waals surface area contributed by atoms with Gasteiger partial charge in [-0.15, -0.1) is 0 Å². The van der Waals surface area contributed by atoms with E-state index in [-0.39, 0.29) is 25.0 Å². The molecule has 0 bridgehead atoms. The molecule has 0 spiro atoms. The quantitative estimate of drug-likeness (QED) is 0.310. The number of ether oxygens (including phenoxy) is 1. The Morgan fingerprint density at radius 2 is 1.72 bits per heavy atom. The predicted molar refractivity (Wildman–Crippen MR) is 169 cm³/mol. The average molecular weight is 650 g/mol. The van der Waals surface area contributed by atoms with E-state index in [1.54, 1.807) is 42.7 Å². The molecule has 236 valence electrons. The molecule has 5 aliphatic rings.